The first kappa shape index (κ1) is 15.0. The minimum absolute atomic E-state index is 0.889. The number of benzene rings is 2. The average Bonchev–Trinajstić information content (AvgIpc) is 2.55. The van der Waals surface area contributed by atoms with Crippen molar-refractivity contribution in [3.8, 4) is 0 Å². The van der Waals surface area contributed by atoms with E-state index in [1.165, 1.54) is 11.1 Å². The number of hydrogen-bond acceptors (Lipinski definition) is 4. The predicted molar refractivity (Wildman–Crippen MR) is 93.9 cm³/mol. The van der Waals surface area contributed by atoms with E-state index in [2.05, 4.69) is 57.7 Å². The summed E-state index contributed by atoms with van der Waals surface area (Å²) < 4.78 is 0. The Kier molecular flexibility index (Phi) is 4.93. The summed E-state index contributed by atoms with van der Waals surface area (Å²) in [5.74, 6) is 0. The first-order valence-corrected chi connectivity index (χ1v) is 7.18. The average molecular weight is 284 g/mol. The third-order valence-corrected chi connectivity index (χ3v) is 3.72. The van der Waals surface area contributed by atoms with Crippen molar-refractivity contribution in [2.75, 3.05) is 49.5 Å². The van der Waals surface area contributed by atoms with Gasteiger partial charge >= 0.3 is 0 Å². The zero-order valence-electron chi connectivity index (χ0n) is 13.2. The lowest BCUT2D eigenvalue weighted by Crippen LogP contribution is -2.02. The highest BCUT2D eigenvalue weighted by atomic mass is 14.9. The Morgan fingerprint density at radius 3 is 1.38 bits per heavy atom. The molecule has 0 amide bonds. The Morgan fingerprint density at radius 1 is 0.619 bits per heavy atom. The summed E-state index contributed by atoms with van der Waals surface area (Å²) in [7, 11) is 7.79. The van der Waals surface area contributed by atoms with Crippen molar-refractivity contribution in [1.82, 2.24) is 0 Å². The lowest BCUT2D eigenvalue weighted by atomic mass is 10.0. The summed E-state index contributed by atoms with van der Waals surface area (Å²) in [6.45, 7) is 0. The van der Waals surface area contributed by atoms with E-state index in [1.807, 2.05) is 28.2 Å². The summed E-state index contributed by atoms with van der Waals surface area (Å²) in [5, 5.41) is 12.9. The molecule has 2 aromatic rings. The maximum absolute atomic E-state index is 3.28. The Morgan fingerprint density at radius 2 is 1.05 bits per heavy atom. The molecular weight excluding hydrogens is 260 g/mol. The largest absolute Gasteiger partial charge is 0.388 e. The molecule has 0 atom stereocenters. The van der Waals surface area contributed by atoms with Crippen LogP contribution in [0.25, 0.3) is 0 Å². The fourth-order valence-electron chi connectivity index (χ4n) is 2.44. The van der Waals surface area contributed by atoms with E-state index in [0.717, 1.165) is 29.2 Å². The third kappa shape index (κ3) is 3.40. The zero-order valence-corrected chi connectivity index (χ0v) is 13.2. The van der Waals surface area contributed by atoms with Gasteiger partial charge in [-0.1, -0.05) is 12.1 Å². The van der Waals surface area contributed by atoms with Crippen LogP contribution in [0.3, 0.4) is 0 Å². The molecule has 0 fully saturated rings. The van der Waals surface area contributed by atoms with E-state index < -0.39 is 0 Å². The van der Waals surface area contributed by atoms with E-state index >= 15 is 0 Å². The molecule has 0 saturated heterocycles. The van der Waals surface area contributed by atoms with Gasteiger partial charge in [0.25, 0.3) is 0 Å². The standard InChI is InChI=1S/C17H24N4/c1-18-14-7-5-12(16(10-14)20-3)9-13-6-8-15(19-2)11-17(13)21-4/h5-8,10-11,18-21H,9H2,1-4H3. The van der Waals surface area contributed by atoms with E-state index in [-0.39, 0.29) is 0 Å². The first-order chi connectivity index (χ1) is 10.2. The number of anilines is 4. The maximum atomic E-state index is 3.28. The van der Waals surface area contributed by atoms with E-state index in [9.17, 15) is 0 Å². The smallest absolute Gasteiger partial charge is 0.0394 e. The summed E-state index contributed by atoms with van der Waals surface area (Å²) >= 11 is 0. The summed E-state index contributed by atoms with van der Waals surface area (Å²) in [6.07, 6.45) is 0.889. The molecule has 0 radical (unpaired) electrons. The number of nitrogens with one attached hydrogen (secondary N) is 4. The molecule has 0 aromatic heterocycles. The van der Waals surface area contributed by atoms with Crippen LogP contribution in [0.4, 0.5) is 22.7 Å². The predicted octanol–water partition coefficient (Wildman–Crippen LogP) is 3.44. The van der Waals surface area contributed by atoms with E-state index in [4.69, 9.17) is 0 Å². The summed E-state index contributed by atoms with van der Waals surface area (Å²) in [6, 6.07) is 12.8. The monoisotopic (exact) mass is 284 g/mol. The van der Waals surface area contributed by atoms with Gasteiger partial charge in [-0.2, -0.15) is 0 Å². The highest BCUT2D eigenvalue weighted by Crippen LogP contribution is 2.27. The van der Waals surface area contributed by atoms with Gasteiger partial charge in [0.1, 0.15) is 0 Å². The molecule has 0 aliphatic heterocycles. The fourth-order valence-corrected chi connectivity index (χ4v) is 2.44. The van der Waals surface area contributed by atoms with Crippen LogP contribution in [0.15, 0.2) is 36.4 Å². The van der Waals surface area contributed by atoms with Gasteiger partial charge in [-0.05, 0) is 35.4 Å². The van der Waals surface area contributed by atoms with Crippen LogP contribution in [0.1, 0.15) is 11.1 Å². The van der Waals surface area contributed by atoms with Gasteiger partial charge in [-0.25, -0.2) is 0 Å². The van der Waals surface area contributed by atoms with Gasteiger partial charge in [0.2, 0.25) is 0 Å². The molecule has 4 heteroatoms. The van der Waals surface area contributed by atoms with Gasteiger partial charge in [0.15, 0.2) is 0 Å². The maximum Gasteiger partial charge on any atom is 0.0394 e. The van der Waals surface area contributed by atoms with E-state index in [1.54, 1.807) is 0 Å². The molecule has 2 rings (SSSR count). The fraction of sp³-hybridized carbons (Fsp3) is 0.294. The molecule has 0 unspecified atom stereocenters. The van der Waals surface area contributed by atoms with Crippen LogP contribution in [-0.4, -0.2) is 28.2 Å². The van der Waals surface area contributed by atoms with Gasteiger partial charge in [-0.3, -0.25) is 0 Å². The van der Waals surface area contributed by atoms with Crippen molar-refractivity contribution in [3.63, 3.8) is 0 Å². The normalized spacial score (nSPS) is 10.1. The summed E-state index contributed by atoms with van der Waals surface area (Å²) in [4.78, 5) is 0. The molecule has 0 spiro atoms. The third-order valence-electron chi connectivity index (χ3n) is 3.72. The molecule has 112 valence electrons. The van der Waals surface area contributed by atoms with Crippen LogP contribution in [0, 0.1) is 0 Å². The van der Waals surface area contributed by atoms with E-state index in [0.29, 0.717) is 0 Å². The molecule has 0 saturated carbocycles. The Balaban J connectivity index is 2.33. The van der Waals surface area contributed by atoms with Crippen LogP contribution in [-0.2, 0) is 6.42 Å². The topological polar surface area (TPSA) is 48.1 Å². The lowest BCUT2D eigenvalue weighted by molar-refractivity contribution is 1.18. The van der Waals surface area contributed by atoms with Gasteiger partial charge in [0.05, 0.1) is 0 Å². The quantitative estimate of drug-likeness (QED) is 0.656. The van der Waals surface area contributed by atoms with Crippen LogP contribution in [0.5, 0.6) is 0 Å². The molecule has 0 aliphatic rings. The second-order valence-electron chi connectivity index (χ2n) is 4.92. The van der Waals surface area contributed by atoms with Crippen LogP contribution < -0.4 is 21.3 Å². The molecule has 4 N–H and O–H groups in total. The number of rotatable bonds is 6. The Labute approximate surface area is 127 Å². The molecule has 0 aliphatic carbocycles. The SMILES string of the molecule is CNc1ccc(Cc2ccc(NC)cc2NC)c(NC)c1. The zero-order chi connectivity index (χ0) is 15.2. The Hall–Kier alpha value is -2.36. The van der Waals surface area contributed by atoms with Crippen molar-refractivity contribution in [2.24, 2.45) is 0 Å². The molecule has 2 aromatic carbocycles. The summed E-state index contributed by atoms with van der Waals surface area (Å²) in [5.41, 5.74) is 7.10. The molecule has 21 heavy (non-hydrogen) atoms. The molecular formula is C17H24N4. The van der Waals surface area contributed by atoms with Crippen molar-refractivity contribution in [1.29, 1.82) is 0 Å². The van der Waals surface area contributed by atoms with Crippen LogP contribution >= 0.6 is 0 Å². The van der Waals surface area contributed by atoms with Crippen molar-refractivity contribution in [2.45, 2.75) is 6.42 Å². The second-order valence-corrected chi connectivity index (χ2v) is 4.92. The van der Waals surface area contributed by atoms with Crippen LogP contribution in [0.2, 0.25) is 0 Å². The molecule has 4 nitrogen and oxygen atoms in total. The lowest BCUT2D eigenvalue weighted by Gasteiger charge is -2.15. The number of hydrogen-bond donors (Lipinski definition) is 4. The van der Waals surface area contributed by atoms with Gasteiger partial charge in [0, 0.05) is 57.4 Å². The van der Waals surface area contributed by atoms with Crippen molar-refractivity contribution in [3.05, 3.63) is 47.5 Å². The molecule has 0 bridgehead atoms. The first-order valence-electron chi connectivity index (χ1n) is 7.18. The van der Waals surface area contributed by atoms with Gasteiger partial charge in [-0.15, -0.1) is 0 Å². The van der Waals surface area contributed by atoms with Crippen molar-refractivity contribution < 1.29 is 0 Å². The second kappa shape index (κ2) is 6.88. The minimum atomic E-state index is 0.889. The molecule has 0 heterocycles. The van der Waals surface area contributed by atoms with Gasteiger partial charge < -0.3 is 21.3 Å². The minimum Gasteiger partial charge on any atom is -0.388 e. The van der Waals surface area contributed by atoms with Crippen molar-refractivity contribution >= 4 is 22.7 Å². The highest BCUT2D eigenvalue weighted by molar-refractivity contribution is 5.66. The highest BCUT2D eigenvalue weighted by Gasteiger charge is 2.07. The Bertz CT molecular complexity index is 554.